The van der Waals surface area contributed by atoms with Gasteiger partial charge in [-0.25, -0.2) is 13.1 Å². The normalized spacial score (nSPS) is 12.2. The summed E-state index contributed by atoms with van der Waals surface area (Å²) in [5, 5.41) is 0. The van der Waals surface area contributed by atoms with E-state index < -0.39 is 10.0 Å². The zero-order valence-electron chi connectivity index (χ0n) is 9.53. The van der Waals surface area contributed by atoms with Crippen LogP contribution in [0.25, 0.3) is 0 Å². The highest BCUT2D eigenvalue weighted by atomic mass is 32.2. The minimum absolute atomic E-state index is 0.228. The van der Waals surface area contributed by atoms with Crippen molar-refractivity contribution in [2.45, 2.75) is 11.4 Å². The maximum atomic E-state index is 11.8. The topological polar surface area (TPSA) is 91.2 Å². The predicted octanol–water partition coefficient (Wildman–Crippen LogP) is -0.687. The molecule has 0 fully saturated rings. The molecule has 1 rings (SSSR count). The molecule has 0 aliphatic rings. The van der Waals surface area contributed by atoms with Gasteiger partial charge >= 0.3 is 0 Å². The number of H-pyrrole nitrogens is 1. The summed E-state index contributed by atoms with van der Waals surface area (Å²) < 4.78 is 26.0. The standard InChI is InChI=1S/C9H18N4O2S/c1-13(2)4-3-12-16(14,15)9-5-8(6-10)11-7-9/h5,7,11-12H,3-4,6,10H2,1-2H3. The van der Waals surface area contributed by atoms with Gasteiger partial charge in [-0.15, -0.1) is 0 Å². The molecule has 0 amide bonds. The third-order valence-corrected chi connectivity index (χ3v) is 3.54. The van der Waals surface area contributed by atoms with Gasteiger partial charge < -0.3 is 15.6 Å². The summed E-state index contributed by atoms with van der Waals surface area (Å²) in [4.78, 5) is 4.94. The number of likely N-dealkylation sites (N-methyl/N-ethyl adjacent to an activating group) is 1. The van der Waals surface area contributed by atoms with Crippen molar-refractivity contribution in [3.05, 3.63) is 18.0 Å². The molecule has 1 aromatic rings. The fourth-order valence-corrected chi connectivity index (χ4v) is 2.22. The monoisotopic (exact) mass is 246 g/mol. The number of hydrogen-bond donors (Lipinski definition) is 3. The molecule has 0 radical (unpaired) electrons. The van der Waals surface area contributed by atoms with Gasteiger partial charge in [0.05, 0.1) is 4.90 Å². The maximum absolute atomic E-state index is 11.8. The summed E-state index contributed by atoms with van der Waals surface area (Å²) in [6.07, 6.45) is 1.44. The van der Waals surface area contributed by atoms with Crippen LogP contribution in [0.2, 0.25) is 0 Å². The zero-order valence-corrected chi connectivity index (χ0v) is 10.3. The molecule has 0 spiro atoms. The largest absolute Gasteiger partial charge is 0.363 e. The Kier molecular flexibility index (Phi) is 4.48. The smallest absolute Gasteiger partial charge is 0.242 e. The first-order valence-corrected chi connectivity index (χ1v) is 6.46. The van der Waals surface area contributed by atoms with Gasteiger partial charge in [-0.1, -0.05) is 0 Å². The molecule has 6 nitrogen and oxygen atoms in total. The van der Waals surface area contributed by atoms with Gasteiger partial charge in [0.25, 0.3) is 0 Å². The van der Waals surface area contributed by atoms with Crippen LogP contribution >= 0.6 is 0 Å². The lowest BCUT2D eigenvalue weighted by Crippen LogP contribution is -2.31. The van der Waals surface area contributed by atoms with Gasteiger partial charge in [-0.2, -0.15) is 0 Å². The molecule has 0 saturated heterocycles. The lowest BCUT2D eigenvalue weighted by atomic mass is 10.4. The Balaban J connectivity index is 2.63. The van der Waals surface area contributed by atoms with Crippen LogP contribution in [0.4, 0.5) is 0 Å². The van der Waals surface area contributed by atoms with Gasteiger partial charge in [0.1, 0.15) is 0 Å². The second-order valence-corrected chi connectivity index (χ2v) is 5.53. The third-order valence-electron chi connectivity index (χ3n) is 2.10. The fourth-order valence-electron chi connectivity index (χ4n) is 1.18. The summed E-state index contributed by atoms with van der Waals surface area (Å²) in [6.45, 7) is 1.35. The molecule has 4 N–H and O–H groups in total. The van der Waals surface area contributed by atoms with E-state index in [-0.39, 0.29) is 4.90 Å². The molecule has 1 aromatic heterocycles. The number of aromatic nitrogens is 1. The van der Waals surface area contributed by atoms with E-state index in [1.54, 1.807) is 0 Å². The van der Waals surface area contributed by atoms with Crippen LogP contribution in [0, 0.1) is 0 Å². The minimum Gasteiger partial charge on any atom is -0.363 e. The molecule has 0 saturated carbocycles. The van der Waals surface area contributed by atoms with Gasteiger partial charge in [0.15, 0.2) is 0 Å². The Morgan fingerprint density at radius 3 is 2.69 bits per heavy atom. The van der Waals surface area contributed by atoms with Gasteiger partial charge in [-0.05, 0) is 20.2 Å². The number of nitrogens with one attached hydrogen (secondary N) is 2. The molecule has 0 aliphatic carbocycles. The van der Waals surface area contributed by atoms with E-state index in [9.17, 15) is 8.42 Å². The number of aromatic amines is 1. The van der Waals surface area contributed by atoms with E-state index in [2.05, 4.69) is 9.71 Å². The average molecular weight is 246 g/mol. The SMILES string of the molecule is CN(C)CCNS(=O)(=O)c1c[nH]c(CN)c1. The lowest BCUT2D eigenvalue weighted by molar-refractivity contribution is 0.412. The molecular weight excluding hydrogens is 228 g/mol. The first-order chi connectivity index (χ1) is 7.45. The van der Waals surface area contributed by atoms with E-state index in [0.29, 0.717) is 25.3 Å². The molecule has 92 valence electrons. The Morgan fingerprint density at radius 2 is 2.19 bits per heavy atom. The van der Waals surface area contributed by atoms with Crippen molar-refractivity contribution in [2.24, 2.45) is 5.73 Å². The third kappa shape index (κ3) is 3.60. The van der Waals surface area contributed by atoms with Crippen LogP contribution < -0.4 is 10.5 Å². The van der Waals surface area contributed by atoms with E-state index in [4.69, 9.17) is 5.73 Å². The highest BCUT2D eigenvalue weighted by Gasteiger charge is 2.14. The van der Waals surface area contributed by atoms with Crippen molar-refractivity contribution in [1.29, 1.82) is 0 Å². The summed E-state index contributed by atoms with van der Waals surface area (Å²) >= 11 is 0. The predicted molar refractivity (Wildman–Crippen MR) is 62.4 cm³/mol. The number of nitrogens with two attached hydrogens (primary N) is 1. The van der Waals surface area contributed by atoms with Crippen molar-refractivity contribution in [2.75, 3.05) is 27.2 Å². The Labute approximate surface area is 95.9 Å². The van der Waals surface area contributed by atoms with Crippen molar-refractivity contribution in [1.82, 2.24) is 14.6 Å². The van der Waals surface area contributed by atoms with Crippen LogP contribution in [0.5, 0.6) is 0 Å². The molecule has 0 bridgehead atoms. The van der Waals surface area contributed by atoms with E-state index in [1.165, 1.54) is 12.3 Å². The zero-order chi connectivity index (χ0) is 12.2. The van der Waals surface area contributed by atoms with Crippen molar-refractivity contribution >= 4 is 10.0 Å². The molecule has 1 heterocycles. The van der Waals surface area contributed by atoms with Crippen molar-refractivity contribution in [3.63, 3.8) is 0 Å². The molecular formula is C9H18N4O2S. The second kappa shape index (κ2) is 5.44. The molecule has 16 heavy (non-hydrogen) atoms. The number of rotatable bonds is 6. The number of hydrogen-bond acceptors (Lipinski definition) is 4. The molecule has 0 unspecified atom stereocenters. The van der Waals surface area contributed by atoms with Crippen molar-refractivity contribution < 1.29 is 8.42 Å². The second-order valence-electron chi connectivity index (χ2n) is 3.77. The first kappa shape index (κ1) is 13.2. The van der Waals surface area contributed by atoms with Gasteiger partial charge in [0.2, 0.25) is 10.0 Å². The molecule has 0 aromatic carbocycles. The van der Waals surface area contributed by atoms with Crippen LogP contribution in [0.15, 0.2) is 17.2 Å². The first-order valence-electron chi connectivity index (χ1n) is 4.97. The summed E-state index contributed by atoms with van der Waals surface area (Å²) in [5.74, 6) is 0. The van der Waals surface area contributed by atoms with E-state index >= 15 is 0 Å². The quantitative estimate of drug-likeness (QED) is 0.620. The van der Waals surface area contributed by atoms with Crippen LogP contribution in [0.3, 0.4) is 0 Å². The molecule has 7 heteroatoms. The summed E-state index contributed by atoms with van der Waals surface area (Å²) in [5.41, 5.74) is 6.09. The van der Waals surface area contributed by atoms with Crippen LogP contribution in [-0.2, 0) is 16.6 Å². The fraction of sp³-hybridized carbons (Fsp3) is 0.556. The lowest BCUT2D eigenvalue weighted by Gasteiger charge is -2.09. The molecule has 0 aliphatic heterocycles. The van der Waals surface area contributed by atoms with Crippen LogP contribution in [-0.4, -0.2) is 45.5 Å². The number of sulfonamides is 1. The van der Waals surface area contributed by atoms with Crippen molar-refractivity contribution in [3.8, 4) is 0 Å². The summed E-state index contributed by atoms with van der Waals surface area (Å²) in [6, 6.07) is 1.54. The summed E-state index contributed by atoms with van der Waals surface area (Å²) in [7, 11) is 0.363. The highest BCUT2D eigenvalue weighted by molar-refractivity contribution is 7.89. The maximum Gasteiger partial charge on any atom is 0.242 e. The Morgan fingerprint density at radius 1 is 1.50 bits per heavy atom. The Hall–Kier alpha value is -0.890. The van der Waals surface area contributed by atoms with Gasteiger partial charge in [-0.3, -0.25) is 0 Å². The Bertz CT molecular complexity index is 424. The minimum atomic E-state index is -3.41. The van der Waals surface area contributed by atoms with Gasteiger partial charge in [0, 0.05) is 31.5 Å². The average Bonchev–Trinajstić information content (AvgIpc) is 2.65. The molecule has 0 atom stereocenters. The van der Waals surface area contributed by atoms with E-state index in [0.717, 1.165) is 0 Å². The number of nitrogens with zero attached hydrogens (tertiary/aromatic N) is 1. The van der Waals surface area contributed by atoms with E-state index in [1.807, 2.05) is 19.0 Å². The highest BCUT2D eigenvalue weighted by Crippen LogP contribution is 2.09. The van der Waals surface area contributed by atoms with Crippen LogP contribution in [0.1, 0.15) is 5.69 Å².